The van der Waals surface area contributed by atoms with Crippen molar-refractivity contribution in [3.8, 4) is 22.3 Å². The van der Waals surface area contributed by atoms with Crippen molar-refractivity contribution in [2.75, 3.05) is 25.2 Å². The average molecular weight is 440 g/mol. The molecule has 10 nitrogen and oxygen atoms in total. The zero-order chi connectivity index (χ0) is 21.4. The van der Waals surface area contributed by atoms with E-state index < -0.39 is 0 Å². The number of nitrogens with one attached hydrogen (secondary N) is 2. The fraction of sp³-hybridized carbons (Fsp3) is 0.350. The number of amides is 2. The first-order chi connectivity index (χ1) is 15.1. The number of piperidine rings is 1. The number of benzene rings is 1. The topological polar surface area (TPSA) is 122 Å². The fourth-order valence-electron chi connectivity index (χ4n) is 3.71. The Morgan fingerprint density at radius 3 is 2.81 bits per heavy atom. The first-order valence-corrected chi connectivity index (χ1v) is 10.7. The van der Waals surface area contributed by atoms with E-state index in [2.05, 4.69) is 25.5 Å². The molecule has 0 spiro atoms. The van der Waals surface area contributed by atoms with E-state index in [0.717, 1.165) is 0 Å². The number of hydrogen-bond acceptors (Lipinski definition) is 8. The first kappa shape index (κ1) is 19.5. The molecule has 2 aromatic heterocycles. The highest BCUT2D eigenvalue weighted by atomic mass is 32.1. The molecule has 160 valence electrons. The van der Waals surface area contributed by atoms with Crippen LogP contribution >= 0.6 is 11.3 Å². The molecule has 2 N–H and O–H groups in total. The van der Waals surface area contributed by atoms with Crippen molar-refractivity contribution in [2.45, 2.75) is 19.8 Å². The highest BCUT2D eigenvalue weighted by Crippen LogP contribution is 2.34. The molecule has 5 rings (SSSR count). The third-order valence-electron chi connectivity index (χ3n) is 5.40. The molecule has 0 saturated carbocycles. The van der Waals surface area contributed by atoms with E-state index in [0.29, 0.717) is 64.5 Å². The zero-order valence-electron chi connectivity index (χ0n) is 16.8. The molecule has 2 aliphatic heterocycles. The lowest BCUT2D eigenvalue weighted by atomic mass is 9.95. The number of aryl methyl sites for hydroxylation is 1. The van der Waals surface area contributed by atoms with Gasteiger partial charge in [0.25, 0.3) is 5.91 Å². The van der Waals surface area contributed by atoms with Crippen LogP contribution in [0.5, 0.6) is 11.5 Å². The Morgan fingerprint density at radius 2 is 2.03 bits per heavy atom. The molecule has 0 unspecified atom stereocenters. The number of likely N-dealkylation sites (tertiary alicyclic amines) is 1. The highest BCUT2D eigenvalue weighted by Gasteiger charge is 2.30. The first-order valence-electron chi connectivity index (χ1n) is 9.91. The number of anilines is 1. The van der Waals surface area contributed by atoms with Gasteiger partial charge in [-0.3, -0.25) is 14.7 Å². The van der Waals surface area contributed by atoms with Crippen molar-refractivity contribution >= 4 is 28.8 Å². The summed E-state index contributed by atoms with van der Waals surface area (Å²) in [6.45, 7) is 3.05. The van der Waals surface area contributed by atoms with Gasteiger partial charge in [0.15, 0.2) is 22.3 Å². The van der Waals surface area contributed by atoms with Gasteiger partial charge in [0.2, 0.25) is 12.7 Å². The van der Waals surface area contributed by atoms with Crippen molar-refractivity contribution in [3.05, 3.63) is 35.1 Å². The minimum absolute atomic E-state index is 0.0486. The lowest BCUT2D eigenvalue weighted by molar-refractivity contribution is -0.121. The molecule has 11 heteroatoms. The minimum Gasteiger partial charge on any atom is -0.454 e. The molecule has 2 amide bonds. The number of carbonyl (C=O) groups excluding carboxylic acids is 2. The summed E-state index contributed by atoms with van der Waals surface area (Å²) in [6, 6.07) is 5.34. The quantitative estimate of drug-likeness (QED) is 0.639. The van der Waals surface area contributed by atoms with Crippen LogP contribution in [0, 0.1) is 12.8 Å². The van der Waals surface area contributed by atoms with Crippen LogP contribution < -0.4 is 14.8 Å². The Balaban J connectivity index is 1.19. The number of aromatic nitrogens is 4. The summed E-state index contributed by atoms with van der Waals surface area (Å²) < 4.78 is 10.6. The number of rotatable bonds is 4. The van der Waals surface area contributed by atoms with Gasteiger partial charge in [-0.2, -0.15) is 5.10 Å². The second kappa shape index (κ2) is 7.99. The number of H-pyrrole nitrogens is 1. The van der Waals surface area contributed by atoms with Crippen LogP contribution in [-0.4, -0.2) is 56.8 Å². The Hall–Kier alpha value is -3.47. The molecule has 31 heavy (non-hydrogen) atoms. The van der Waals surface area contributed by atoms with Gasteiger partial charge < -0.3 is 19.7 Å². The molecule has 0 bridgehead atoms. The molecule has 0 atom stereocenters. The molecule has 4 heterocycles. The van der Waals surface area contributed by atoms with Crippen LogP contribution in [0.15, 0.2) is 24.5 Å². The summed E-state index contributed by atoms with van der Waals surface area (Å²) in [6.07, 6.45) is 2.62. The molecular formula is C20H20N6O4S. The molecular weight excluding hydrogens is 420 g/mol. The lowest BCUT2D eigenvalue weighted by Crippen LogP contribution is -2.41. The third kappa shape index (κ3) is 3.83. The standard InChI is InChI=1S/C20H20N6O4S/c1-11-16(31-19(23-11)17-21-9-22-25-17)20(28)26-6-4-12(5-7-26)18(27)24-13-2-3-14-15(8-13)30-10-29-14/h2-3,8-9,12H,4-7,10H2,1H3,(H,24,27)(H,21,22,25). The van der Waals surface area contributed by atoms with E-state index >= 15 is 0 Å². The van der Waals surface area contributed by atoms with Crippen LogP contribution in [-0.2, 0) is 4.79 Å². The summed E-state index contributed by atoms with van der Waals surface area (Å²) >= 11 is 1.30. The van der Waals surface area contributed by atoms with Gasteiger partial charge in [0.1, 0.15) is 11.2 Å². The molecule has 1 saturated heterocycles. The molecule has 1 fully saturated rings. The van der Waals surface area contributed by atoms with E-state index in [9.17, 15) is 9.59 Å². The van der Waals surface area contributed by atoms with Crippen LogP contribution in [0.2, 0.25) is 0 Å². The number of aromatic amines is 1. The predicted octanol–water partition coefficient (Wildman–Crippen LogP) is 2.46. The molecule has 0 aliphatic carbocycles. The fourth-order valence-corrected chi connectivity index (χ4v) is 4.69. The third-order valence-corrected chi connectivity index (χ3v) is 6.55. The van der Waals surface area contributed by atoms with E-state index in [1.54, 1.807) is 23.1 Å². The largest absolute Gasteiger partial charge is 0.454 e. The van der Waals surface area contributed by atoms with E-state index in [-0.39, 0.29) is 24.5 Å². The smallest absolute Gasteiger partial charge is 0.265 e. The van der Waals surface area contributed by atoms with Crippen LogP contribution in [0.3, 0.4) is 0 Å². The Labute approximate surface area is 181 Å². The Morgan fingerprint density at radius 1 is 1.23 bits per heavy atom. The van der Waals surface area contributed by atoms with Crippen molar-refractivity contribution in [2.24, 2.45) is 5.92 Å². The average Bonchev–Trinajstić information content (AvgIpc) is 3.53. The lowest BCUT2D eigenvalue weighted by Gasteiger charge is -2.31. The maximum absolute atomic E-state index is 13.0. The SMILES string of the molecule is Cc1nc(-c2ncn[nH]2)sc1C(=O)N1CCC(C(=O)Nc2ccc3c(c2)OCO3)CC1. The van der Waals surface area contributed by atoms with Crippen molar-refractivity contribution < 1.29 is 19.1 Å². The number of carbonyl (C=O) groups is 2. The zero-order valence-corrected chi connectivity index (χ0v) is 17.6. The van der Waals surface area contributed by atoms with Gasteiger partial charge in [-0.05, 0) is 31.9 Å². The van der Waals surface area contributed by atoms with Crippen molar-refractivity contribution in [1.82, 2.24) is 25.1 Å². The van der Waals surface area contributed by atoms with Gasteiger partial charge in [0, 0.05) is 30.8 Å². The van der Waals surface area contributed by atoms with Gasteiger partial charge >= 0.3 is 0 Å². The number of nitrogens with zero attached hydrogens (tertiary/aromatic N) is 4. The van der Waals surface area contributed by atoms with E-state index in [4.69, 9.17) is 9.47 Å². The van der Waals surface area contributed by atoms with Crippen LogP contribution in [0.1, 0.15) is 28.2 Å². The minimum atomic E-state index is -0.151. The second-order valence-electron chi connectivity index (χ2n) is 7.39. The molecule has 1 aromatic carbocycles. The van der Waals surface area contributed by atoms with Gasteiger partial charge in [-0.15, -0.1) is 11.3 Å². The van der Waals surface area contributed by atoms with Crippen molar-refractivity contribution in [3.63, 3.8) is 0 Å². The second-order valence-corrected chi connectivity index (χ2v) is 8.39. The van der Waals surface area contributed by atoms with Gasteiger partial charge in [-0.1, -0.05) is 0 Å². The van der Waals surface area contributed by atoms with Crippen LogP contribution in [0.25, 0.3) is 10.8 Å². The number of ether oxygens (including phenoxy) is 2. The number of fused-ring (bicyclic) bond motifs is 1. The van der Waals surface area contributed by atoms with Crippen molar-refractivity contribution in [1.29, 1.82) is 0 Å². The van der Waals surface area contributed by atoms with Gasteiger partial charge in [0.05, 0.1) is 5.69 Å². The number of hydrogen-bond donors (Lipinski definition) is 2. The Kier molecular flexibility index (Phi) is 5.02. The van der Waals surface area contributed by atoms with Crippen LogP contribution in [0.4, 0.5) is 5.69 Å². The molecule has 2 aliphatic rings. The predicted molar refractivity (Wildman–Crippen MR) is 112 cm³/mol. The molecule has 0 radical (unpaired) electrons. The summed E-state index contributed by atoms with van der Waals surface area (Å²) in [5, 5.41) is 10.2. The maximum Gasteiger partial charge on any atom is 0.265 e. The molecule has 3 aromatic rings. The maximum atomic E-state index is 13.0. The Bertz CT molecular complexity index is 1120. The summed E-state index contributed by atoms with van der Waals surface area (Å²) in [5.41, 5.74) is 1.34. The summed E-state index contributed by atoms with van der Waals surface area (Å²) in [5.74, 6) is 1.59. The number of thiazole rings is 1. The highest BCUT2D eigenvalue weighted by molar-refractivity contribution is 7.17. The normalized spacial score (nSPS) is 15.8. The van der Waals surface area contributed by atoms with E-state index in [1.807, 2.05) is 6.92 Å². The summed E-state index contributed by atoms with van der Waals surface area (Å²) in [7, 11) is 0. The van der Waals surface area contributed by atoms with Gasteiger partial charge in [-0.25, -0.2) is 9.97 Å². The monoisotopic (exact) mass is 440 g/mol. The summed E-state index contributed by atoms with van der Waals surface area (Å²) in [4.78, 5) is 36.6. The van der Waals surface area contributed by atoms with E-state index in [1.165, 1.54) is 17.7 Å².